The molecule has 1 N–H and O–H groups in total. The number of nitrogens with one attached hydrogen (secondary N) is 1. The van der Waals surface area contributed by atoms with Crippen molar-refractivity contribution in [3.05, 3.63) is 30.3 Å². The van der Waals surface area contributed by atoms with Gasteiger partial charge in [-0.2, -0.15) is 0 Å². The van der Waals surface area contributed by atoms with E-state index in [0.717, 1.165) is 18.5 Å². The highest BCUT2D eigenvalue weighted by Gasteiger charge is 2.10. The summed E-state index contributed by atoms with van der Waals surface area (Å²) in [5.41, 5.74) is 0.859. The maximum Gasteiger partial charge on any atom is 0.223 e. The van der Waals surface area contributed by atoms with E-state index in [9.17, 15) is 9.59 Å². The Morgan fingerprint density at radius 1 is 1.21 bits per heavy atom. The van der Waals surface area contributed by atoms with Gasteiger partial charge in [-0.15, -0.1) is 0 Å². The Hall–Kier alpha value is -1.84. The van der Waals surface area contributed by atoms with Crippen molar-refractivity contribution >= 4 is 17.5 Å². The molecule has 4 heteroatoms. The summed E-state index contributed by atoms with van der Waals surface area (Å²) in [5, 5.41) is 2.84. The number of rotatable bonds is 7. The molecule has 1 aromatic carbocycles. The van der Waals surface area contributed by atoms with Gasteiger partial charge in [-0.3, -0.25) is 9.59 Å². The minimum atomic E-state index is -0.0194. The molecule has 0 radical (unpaired) electrons. The molecule has 4 nitrogen and oxygen atoms in total. The number of hydrogen-bond donors (Lipinski definition) is 1. The normalized spacial score (nSPS) is 10.0. The van der Waals surface area contributed by atoms with Crippen molar-refractivity contribution in [1.29, 1.82) is 0 Å². The number of nitrogens with zero attached hydrogens (tertiary/aromatic N) is 1. The zero-order chi connectivity index (χ0) is 14.1. The Morgan fingerprint density at radius 2 is 1.89 bits per heavy atom. The van der Waals surface area contributed by atoms with Crippen LogP contribution in [0, 0.1) is 0 Å². The molecule has 0 unspecified atom stereocenters. The van der Waals surface area contributed by atoms with Crippen LogP contribution in [0.2, 0.25) is 0 Å². The van der Waals surface area contributed by atoms with Gasteiger partial charge in [0.1, 0.15) is 0 Å². The molecule has 0 atom stereocenters. The lowest BCUT2D eigenvalue weighted by molar-refractivity contribution is -0.121. The van der Waals surface area contributed by atoms with E-state index in [2.05, 4.69) is 12.2 Å². The van der Waals surface area contributed by atoms with Gasteiger partial charge >= 0.3 is 0 Å². The molecule has 19 heavy (non-hydrogen) atoms. The summed E-state index contributed by atoms with van der Waals surface area (Å²) < 4.78 is 0. The van der Waals surface area contributed by atoms with Crippen LogP contribution in [0.4, 0.5) is 5.69 Å². The van der Waals surface area contributed by atoms with Gasteiger partial charge in [-0.25, -0.2) is 0 Å². The van der Waals surface area contributed by atoms with Crippen LogP contribution in [0.25, 0.3) is 0 Å². The Labute approximate surface area is 114 Å². The molecule has 0 aromatic heterocycles. The summed E-state index contributed by atoms with van der Waals surface area (Å²) in [6.07, 6.45) is 2.47. The molecule has 0 fully saturated rings. The second-order valence-corrected chi connectivity index (χ2v) is 4.46. The molecule has 104 valence electrons. The first-order chi connectivity index (χ1) is 9.15. The molecule has 0 saturated carbocycles. The van der Waals surface area contributed by atoms with Crippen molar-refractivity contribution in [2.24, 2.45) is 0 Å². The quantitative estimate of drug-likeness (QED) is 0.820. The van der Waals surface area contributed by atoms with Crippen molar-refractivity contribution < 1.29 is 9.59 Å². The summed E-state index contributed by atoms with van der Waals surface area (Å²) in [7, 11) is 0. The van der Waals surface area contributed by atoms with Crippen LogP contribution in [0.1, 0.15) is 33.1 Å². The second kappa shape index (κ2) is 8.29. The first kappa shape index (κ1) is 15.2. The Bertz CT molecular complexity index is 404. The van der Waals surface area contributed by atoms with Crippen LogP contribution < -0.4 is 10.2 Å². The predicted octanol–water partition coefficient (Wildman–Crippen LogP) is 2.35. The van der Waals surface area contributed by atoms with Crippen LogP contribution in [0.5, 0.6) is 0 Å². The van der Waals surface area contributed by atoms with Gasteiger partial charge in [0.2, 0.25) is 11.8 Å². The van der Waals surface area contributed by atoms with Crippen LogP contribution in [0.3, 0.4) is 0 Å². The van der Waals surface area contributed by atoms with Crippen molar-refractivity contribution in [1.82, 2.24) is 5.32 Å². The maximum absolute atomic E-state index is 11.6. The fourth-order valence-electron chi connectivity index (χ4n) is 1.81. The first-order valence-electron chi connectivity index (χ1n) is 6.75. The van der Waals surface area contributed by atoms with Gasteiger partial charge in [-0.05, 0) is 18.6 Å². The molecular weight excluding hydrogens is 240 g/mol. The lowest BCUT2D eigenvalue weighted by Gasteiger charge is -2.21. The summed E-state index contributed by atoms with van der Waals surface area (Å²) in [5.74, 6) is 0.0346. The molecule has 0 aliphatic carbocycles. The predicted molar refractivity (Wildman–Crippen MR) is 77.0 cm³/mol. The highest BCUT2D eigenvalue weighted by Crippen LogP contribution is 2.12. The third kappa shape index (κ3) is 5.55. The van der Waals surface area contributed by atoms with Crippen molar-refractivity contribution in [3.63, 3.8) is 0 Å². The van der Waals surface area contributed by atoms with Gasteiger partial charge in [-0.1, -0.05) is 31.5 Å². The number of anilines is 1. The molecule has 0 heterocycles. The summed E-state index contributed by atoms with van der Waals surface area (Å²) in [6, 6.07) is 9.48. The zero-order valence-corrected chi connectivity index (χ0v) is 11.7. The Kier molecular flexibility index (Phi) is 6.64. The minimum absolute atomic E-state index is 0.0194. The zero-order valence-electron chi connectivity index (χ0n) is 11.7. The molecule has 0 aliphatic rings. The van der Waals surface area contributed by atoms with Gasteiger partial charge in [0, 0.05) is 32.1 Å². The largest absolute Gasteiger partial charge is 0.354 e. The topological polar surface area (TPSA) is 49.4 Å². The lowest BCUT2D eigenvalue weighted by atomic mass is 10.2. The van der Waals surface area contributed by atoms with E-state index in [-0.39, 0.29) is 11.8 Å². The van der Waals surface area contributed by atoms with Crippen molar-refractivity contribution in [2.75, 3.05) is 18.0 Å². The number of para-hydroxylation sites is 1. The van der Waals surface area contributed by atoms with Gasteiger partial charge in [0.05, 0.1) is 0 Å². The van der Waals surface area contributed by atoms with Crippen LogP contribution in [0.15, 0.2) is 30.3 Å². The van der Waals surface area contributed by atoms with E-state index in [1.165, 1.54) is 6.92 Å². The van der Waals surface area contributed by atoms with E-state index < -0.39 is 0 Å². The Balaban J connectivity index is 2.44. The highest BCUT2D eigenvalue weighted by atomic mass is 16.2. The monoisotopic (exact) mass is 262 g/mol. The molecule has 0 saturated heterocycles. The number of amides is 2. The number of carbonyl (C=O) groups excluding carboxylic acids is 2. The first-order valence-corrected chi connectivity index (χ1v) is 6.75. The standard InChI is InChI=1S/C15H22N2O2/c1-3-4-10-15(19)16-11-12-17(13(2)18)14-8-6-5-7-9-14/h5-9H,3-4,10-12H2,1-2H3,(H,16,19). The van der Waals surface area contributed by atoms with Crippen molar-refractivity contribution in [2.45, 2.75) is 33.1 Å². The molecular formula is C15H22N2O2. The van der Waals surface area contributed by atoms with Gasteiger partial charge in [0.25, 0.3) is 0 Å². The van der Waals surface area contributed by atoms with Gasteiger partial charge in [0.15, 0.2) is 0 Å². The smallest absolute Gasteiger partial charge is 0.223 e. The van der Waals surface area contributed by atoms with E-state index in [1.807, 2.05) is 30.3 Å². The number of hydrogen-bond acceptors (Lipinski definition) is 2. The maximum atomic E-state index is 11.6. The lowest BCUT2D eigenvalue weighted by Crippen LogP contribution is -2.37. The summed E-state index contributed by atoms with van der Waals surface area (Å²) >= 11 is 0. The average Bonchev–Trinajstić information content (AvgIpc) is 2.42. The molecule has 0 aliphatic heterocycles. The SMILES string of the molecule is CCCCC(=O)NCCN(C(C)=O)c1ccccc1. The minimum Gasteiger partial charge on any atom is -0.354 e. The molecule has 0 spiro atoms. The van der Waals surface area contributed by atoms with E-state index >= 15 is 0 Å². The molecule has 1 rings (SSSR count). The third-order valence-corrected chi connectivity index (χ3v) is 2.86. The molecule has 2 amide bonds. The van der Waals surface area contributed by atoms with Crippen LogP contribution in [-0.2, 0) is 9.59 Å². The van der Waals surface area contributed by atoms with Crippen molar-refractivity contribution in [3.8, 4) is 0 Å². The average molecular weight is 262 g/mol. The van der Waals surface area contributed by atoms with Crippen LogP contribution in [-0.4, -0.2) is 24.9 Å². The van der Waals surface area contributed by atoms with Gasteiger partial charge < -0.3 is 10.2 Å². The van der Waals surface area contributed by atoms with E-state index in [4.69, 9.17) is 0 Å². The fraction of sp³-hybridized carbons (Fsp3) is 0.467. The summed E-state index contributed by atoms with van der Waals surface area (Å²) in [4.78, 5) is 24.7. The number of unbranched alkanes of at least 4 members (excludes halogenated alkanes) is 1. The second-order valence-electron chi connectivity index (χ2n) is 4.46. The molecule has 1 aromatic rings. The number of benzene rings is 1. The third-order valence-electron chi connectivity index (χ3n) is 2.86. The molecule has 0 bridgehead atoms. The number of carbonyl (C=O) groups is 2. The van der Waals surface area contributed by atoms with E-state index in [0.29, 0.717) is 19.5 Å². The summed E-state index contributed by atoms with van der Waals surface area (Å²) in [6.45, 7) is 4.57. The highest BCUT2D eigenvalue weighted by molar-refractivity contribution is 5.91. The fourth-order valence-corrected chi connectivity index (χ4v) is 1.81. The Morgan fingerprint density at radius 3 is 2.47 bits per heavy atom. The van der Waals surface area contributed by atoms with Crippen LogP contribution >= 0.6 is 0 Å². The van der Waals surface area contributed by atoms with E-state index in [1.54, 1.807) is 4.90 Å².